The maximum absolute atomic E-state index is 6.14. The summed E-state index contributed by atoms with van der Waals surface area (Å²) < 4.78 is 5.77. The fourth-order valence-corrected chi connectivity index (χ4v) is 1.46. The molecule has 2 heteroatoms. The van der Waals surface area contributed by atoms with Crippen molar-refractivity contribution in [3.63, 3.8) is 0 Å². The molecule has 0 aliphatic rings. The van der Waals surface area contributed by atoms with Crippen LogP contribution in [0, 0.1) is 0 Å². The van der Waals surface area contributed by atoms with Gasteiger partial charge >= 0.3 is 0 Å². The molecule has 2 atom stereocenters. The SMILES string of the molecule is C=CC[C@@](C)(N)[C@H](C)OCc1ccccc1. The van der Waals surface area contributed by atoms with E-state index in [0.717, 1.165) is 6.42 Å². The first kappa shape index (κ1) is 12.9. The molecule has 88 valence electrons. The second-order valence-electron chi connectivity index (χ2n) is 4.44. The lowest BCUT2D eigenvalue weighted by Crippen LogP contribution is -2.47. The first-order chi connectivity index (χ1) is 7.56. The third-order valence-corrected chi connectivity index (χ3v) is 2.86. The van der Waals surface area contributed by atoms with Gasteiger partial charge < -0.3 is 10.5 Å². The largest absolute Gasteiger partial charge is 0.372 e. The number of hydrogen-bond donors (Lipinski definition) is 1. The summed E-state index contributed by atoms with van der Waals surface area (Å²) in [5.74, 6) is 0. The van der Waals surface area contributed by atoms with Crippen molar-refractivity contribution in [2.75, 3.05) is 0 Å². The van der Waals surface area contributed by atoms with Crippen LogP contribution in [0.3, 0.4) is 0 Å². The van der Waals surface area contributed by atoms with Crippen LogP contribution in [0.15, 0.2) is 43.0 Å². The summed E-state index contributed by atoms with van der Waals surface area (Å²) in [5, 5.41) is 0. The van der Waals surface area contributed by atoms with E-state index in [1.54, 1.807) is 0 Å². The second kappa shape index (κ2) is 5.83. The quantitative estimate of drug-likeness (QED) is 0.747. The Morgan fingerprint density at radius 3 is 2.62 bits per heavy atom. The molecule has 0 aliphatic heterocycles. The predicted molar refractivity (Wildman–Crippen MR) is 68.1 cm³/mol. The molecule has 0 heterocycles. The van der Waals surface area contributed by atoms with E-state index in [0.29, 0.717) is 6.61 Å². The molecule has 0 spiro atoms. The van der Waals surface area contributed by atoms with E-state index >= 15 is 0 Å². The minimum absolute atomic E-state index is 0.00528. The van der Waals surface area contributed by atoms with Crippen LogP contribution in [0.1, 0.15) is 25.8 Å². The molecule has 0 saturated carbocycles. The molecular weight excluding hydrogens is 198 g/mol. The van der Waals surface area contributed by atoms with Crippen molar-refractivity contribution >= 4 is 0 Å². The van der Waals surface area contributed by atoms with Gasteiger partial charge in [0.2, 0.25) is 0 Å². The molecule has 0 unspecified atom stereocenters. The molecule has 0 radical (unpaired) electrons. The maximum atomic E-state index is 6.14. The summed E-state index contributed by atoms with van der Waals surface area (Å²) in [7, 11) is 0. The van der Waals surface area contributed by atoms with E-state index in [-0.39, 0.29) is 11.6 Å². The van der Waals surface area contributed by atoms with Gasteiger partial charge in [-0.15, -0.1) is 6.58 Å². The molecular formula is C14H21NO. The van der Waals surface area contributed by atoms with Gasteiger partial charge in [0.05, 0.1) is 12.7 Å². The molecule has 1 aromatic rings. The fraction of sp³-hybridized carbons (Fsp3) is 0.429. The average Bonchev–Trinajstić information content (AvgIpc) is 2.27. The molecule has 0 amide bonds. The molecule has 0 fully saturated rings. The zero-order valence-electron chi connectivity index (χ0n) is 10.1. The predicted octanol–water partition coefficient (Wildman–Crippen LogP) is 2.89. The topological polar surface area (TPSA) is 35.2 Å². The van der Waals surface area contributed by atoms with Crippen molar-refractivity contribution in [3.8, 4) is 0 Å². The van der Waals surface area contributed by atoms with Crippen LogP contribution >= 0.6 is 0 Å². The van der Waals surface area contributed by atoms with E-state index in [1.165, 1.54) is 5.56 Å². The molecule has 1 aromatic carbocycles. The van der Waals surface area contributed by atoms with Crippen LogP contribution in [0.4, 0.5) is 0 Å². The van der Waals surface area contributed by atoms with Crippen molar-refractivity contribution in [2.45, 2.75) is 38.5 Å². The lowest BCUT2D eigenvalue weighted by molar-refractivity contribution is 0.00659. The summed E-state index contributed by atoms with van der Waals surface area (Å²) in [6.07, 6.45) is 2.59. The summed E-state index contributed by atoms with van der Waals surface area (Å²) in [5.41, 5.74) is 6.96. The van der Waals surface area contributed by atoms with Gasteiger partial charge in [-0.05, 0) is 25.8 Å². The molecule has 0 bridgehead atoms. The van der Waals surface area contributed by atoms with E-state index in [2.05, 4.69) is 6.58 Å². The first-order valence-electron chi connectivity index (χ1n) is 5.61. The molecule has 16 heavy (non-hydrogen) atoms. The Bertz CT molecular complexity index is 319. The van der Waals surface area contributed by atoms with Crippen LogP contribution in [0.5, 0.6) is 0 Å². The Morgan fingerprint density at radius 2 is 2.06 bits per heavy atom. The summed E-state index contributed by atoms with van der Waals surface area (Å²) in [6, 6.07) is 10.1. The summed E-state index contributed by atoms with van der Waals surface area (Å²) in [6.45, 7) is 8.31. The van der Waals surface area contributed by atoms with Crippen molar-refractivity contribution in [1.82, 2.24) is 0 Å². The third kappa shape index (κ3) is 3.80. The van der Waals surface area contributed by atoms with Crippen LogP contribution in [0.2, 0.25) is 0 Å². The zero-order chi connectivity index (χ0) is 12.0. The van der Waals surface area contributed by atoms with E-state index in [1.807, 2.05) is 50.3 Å². The van der Waals surface area contributed by atoms with Gasteiger partial charge in [-0.25, -0.2) is 0 Å². The highest BCUT2D eigenvalue weighted by atomic mass is 16.5. The smallest absolute Gasteiger partial charge is 0.0731 e. The van der Waals surface area contributed by atoms with Gasteiger partial charge in [-0.3, -0.25) is 0 Å². The van der Waals surface area contributed by atoms with Gasteiger partial charge in [0, 0.05) is 5.54 Å². The number of hydrogen-bond acceptors (Lipinski definition) is 2. The van der Waals surface area contributed by atoms with Gasteiger partial charge in [0.15, 0.2) is 0 Å². The van der Waals surface area contributed by atoms with Crippen LogP contribution in [-0.2, 0) is 11.3 Å². The molecule has 1 rings (SSSR count). The van der Waals surface area contributed by atoms with Gasteiger partial charge in [0.1, 0.15) is 0 Å². The molecule has 0 aromatic heterocycles. The zero-order valence-corrected chi connectivity index (χ0v) is 10.1. The molecule has 2 nitrogen and oxygen atoms in total. The first-order valence-corrected chi connectivity index (χ1v) is 5.61. The highest BCUT2D eigenvalue weighted by molar-refractivity contribution is 5.13. The maximum Gasteiger partial charge on any atom is 0.0731 e. The van der Waals surface area contributed by atoms with Crippen LogP contribution in [-0.4, -0.2) is 11.6 Å². The fourth-order valence-electron chi connectivity index (χ4n) is 1.46. The standard InChI is InChI=1S/C14H21NO/c1-4-10-14(3,15)12(2)16-11-13-8-6-5-7-9-13/h4-9,12H,1,10-11,15H2,2-3H3/t12-,14+/m0/s1. The lowest BCUT2D eigenvalue weighted by atomic mass is 9.93. The lowest BCUT2D eigenvalue weighted by Gasteiger charge is -2.30. The summed E-state index contributed by atoms with van der Waals surface area (Å²) in [4.78, 5) is 0. The van der Waals surface area contributed by atoms with Gasteiger partial charge in [-0.1, -0.05) is 36.4 Å². The monoisotopic (exact) mass is 219 g/mol. The highest BCUT2D eigenvalue weighted by Crippen LogP contribution is 2.16. The number of nitrogens with two attached hydrogens (primary N) is 1. The number of benzene rings is 1. The highest BCUT2D eigenvalue weighted by Gasteiger charge is 2.25. The second-order valence-corrected chi connectivity index (χ2v) is 4.44. The van der Waals surface area contributed by atoms with Gasteiger partial charge in [0.25, 0.3) is 0 Å². The average molecular weight is 219 g/mol. The molecule has 2 N–H and O–H groups in total. The van der Waals surface area contributed by atoms with Gasteiger partial charge in [-0.2, -0.15) is 0 Å². The van der Waals surface area contributed by atoms with Crippen molar-refractivity contribution in [3.05, 3.63) is 48.6 Å². The molecule has 0 aliphatic carbocycles. The minimum Gasteiger partial charge on any atom is -0.372 e. The minimum atomic E-state index is -0.351. The van der Waals surface area contributed by atoms with E-state index < -0.39 is 0 Å². The normalized spacial score (nSPS) is 16.4. The van der Waals surface area contributed by atoms with E-state index in [9.17, 15) is 0 Å². The Balaban J connectivity index is 2.46. The Kier molecular flexibility index (Phi) is 4.71. The number of rotatable bonds is 6. The Morgan fingerprint density at radius 1 is 1.44 bits per heavy atom. The Hall–Kier alpha value is -1.12. The van der Waals surface area contributed by atoms with Crippen molar-refractivity contribution < 1.29 is 4.74 Å². The van der Waals surface area contributed by atoms with Crippen LogP contribution < -0.4 is 5.73 Å². The Labute approximate surface area is 98.1 Å². The van der Waals surface area contributed by atoms with Crippen molar-refractivity contribution in [1.29, 1.82) is 0 Å². The van der Waals surface area contributed by atoms with E-state index in [4.69, 9.17) is 10.5 Å². The third-order valence-electron chi connectivity index (χ3n) is 2.86. The van der Waals surface area contributed by atoms with Crippen molar-refractivity contribution in [2.24, 2.45) is 5.73 Å². The van der Waals surface area contributed by atoms with Crippen LogP contribution in [0.25, 0.3) is 0 Å². The molecule has 0 saturated heterocycles. The number of ether oxygens (including phenoxy) is 1. The summed E-state index contributed by atoms with van der Waals surface area (Å²) >= 11 is 0.